The van der Waals surface area contributed by atoms with Gasteiger partial charge in [-0.3, -0.25) is 4.68 Å². The molecule has 2 heterocycles. The Morgan fingerprint density at radius 1 is 1.62 bits per heavy atom. The van der Waals surface area contributed by atoms with Crippen molar-refractivity contribution >= 4 is 15.9 Å². The van der Waals surface area contributed by atoms with Gasteiger partial charge in [-0.1, -0.05) is 6.42 Å². The fourth-order valence-electron chi connectivity index (χ4n) is 1.88. The number of piperidine rings is 1. The highest BCUT2D eigenvalue weighted by molar-refractivity contribution is 9.10. The lowest BCUT2D eigenvalue weighted by Gasteiger charge is -2.23. The van der Waals surface area contributed by atoms with Crippen LogP contribution in [0.25, 0.3) is 0 Å². The first-order valence-corrected chi connectivity index (χ1v) is 5.49. The smallest absolute Gasteiger partial charge is 0.128 e. The lowest BCUT2D eigenvalue weighted by Crippen LogP contribution is -2.28. The zero-order chi connectivity index (χ0) is 9.26. The van der Waals surface area contributed by atoms with E-state index in [-0.39, 0.29) is 0 Å². The minimum atomic E-state index is 0.498. The van der Waals surface area contributed by atoms with Crippen molar-refractivity contribution < 1.29 is 0 Å². The highest BCUT2D eigenvalue weighted by Crippen LogP contribution is 2.24. The Balaban J connectivity index is 2.18. The molecule has 0 saturated carbocycles. The first-order valence-electron chi connectivity index (χ1n) is 4.70. The van der Waals surface area contributed by atoms with Crippen LogP contribution in [-0.4, -0.2) is 16.3 Å². The molecule has 0 aliphatic carbocycles. The maximum absolute atomic E-state index is 4.28. The third kappa shape index (κ3) is 1.94. The summed E-state index contributed by atoms with van der Waals surface area (Å²) in [4.78, 5) is 0. The molecule has 3 nitrogen and oxygen atoms in total. The second kappa shape index (κ2) is 3.80. The molecule has 1 aromatic heterocycles. The summed E-state index contributed by atoms with van der Waals surface area (Å²) < 4.78 is 2.88. The van der Waals surface area contributed by atoms with Crippen LogP contribution in [0.3, 0.4) is 0 Å². The molecule has 1 aromatic rings. The highest BCUT2D eigenvalue weighted by Gasteiger charge is 2.18. The Labute approximate surface area is 86.6 Å². The van der Waals surface area contributed by atoms with Gasteiger partial charge in [-0.2, -0.15) is 5.10 Å². The highest BCUT2D eigenvalue weighted by atomic mass is 79.9. The van der Waals surface area contributed by atoms with E-state index in [0.29, 0.717) is 6.04 Å². The third-order valence-electron chi connectivity index (χ3n) is 2.55. The summed E-state index contributed by atoms with van der Waals surface area (Å²) in [5.41, 5.74) is 1.28. The number of nitrogens with one attached hydrogen (secondary N) is 1. The molecule has 72 valence electrons. The predicted octanol–water partition coefficient (Wildman–Crippen LogP) is 2.00. The molecule has 0 aromatic carbocycles. The lowest BCUT2D eigenvalue weighted by atomic mass is 10.0. The van der Waals surface area contributed by atoms with E-state index in [0.717, 1.165) is 11.1 Å². The minimum absolute atomic E-state index is 0.498. The van der Waals surface area contributed by atoms with Crippen molar-refractivity contribution in [1.29, 1.82) is 0 Å². The van der Waals surface area contributed by atoms with E-state index in [2.05, 4.69) is 32.4 Å². The molecule has 0 amide bonds. The summed E-state index contributed by atoms with van der Waals surface area (Å²) in [6, 6.07) is 2.60. The van der Waals surface area contributed by atoms with Crippen molar-refractivity contribution in [3.8, 4) is 0 Å². The van der Waals surface area contributed by atoms with Gasteiger partial charge in [0.15, 0.2) is 0 Å². The van der Waals surface area contributed by atoms with Gasteiger partial charge in [0.2, 0.25) is 0 Å². The van der Waals surface area contributed by atoms with Crippen LogP contribution in [0.2, 0.25) is 0 Å². The van der Waals surface area contributed by atoms with Gasteiger partial charge in [-0.05, 0) is 41.4 Å². The van der Waals surface area contributed by atoms with Crippen molar-refractivity contribution in [2.24, 2.45) is 7.05 Å². The summed E-state index contributed by atoms with van der Waals surface area (Å²) in [6.07, 6.45) is 3.85. The molecule has 1 atom stereocenters. The molecule has 2 rings (SSSR count). The van der Waals surface area contributed by atoms with Crippen LogP contribution in [0.5, 0.6) is 0 Å². The summed E-state index contributed by atoms with van der Waals surface area (Å²) in [5.74, 6) is 0. The second-order valence-electron chi connectivity index (χ2n) is 3.52. The molecule has 1 saturated heterocycles. The molecule has 1 unspecified atom stereocenters. The Bertz CT molecular complexity index is 289. The molecule has 0 spiro atoms. The van der Waals surface area contributed by atoms with Crippen molar-refractivity contribution in [2.45, 2.75) is 25.3 Å². The number of aromatic nitrogens is 2. The van der Waals surface area contributed by atoms with Crippen molar-refractivity contribution in [3.63, 3.8) is 0 Å². The van der Waals surface area contributed by atoms with E-state index in [1.807, 2.05) is 11.7 Å². The Kier molecular flexibility index (Phi) is 2.69. The van der Waals surface area contributed by atoms with Gasteiger partial charge in [0.05, 0.1) is 5.69 Å². The van der Waals surface area contributed by atoms with Crippen molar-refractivity contribution in [3.05, 3.63) is 16.4 Å². The maximum atomic E-state index is 4.28. The van der Waals surface area contributed by atoms with Crippen LogP contribution in [0.1, 0.15) is 31.0 Å². The number of aryl methyl sites for hydroxylation is 1. The van der Waals surface area contributed by atoms with Gasteiger partial charge < -0.3 is 5.32 Å². The Morgan fingerprint density at radius 2 is 2.46 bits per heavy atom. The summed E-state index contributed by atoms with van der Waals surface area (Å²) in [6.45, 7) is 1.13. The molecular weight excluding hydrogens is 230 g/mol. The topological polar surface area (TPSA) is 29.9 Å². The average molecular weight is 244 g/mol. The number of rotatable bonds is 1. The van der Waals surface area contributed by atoms with Crippen LogP contribution in [0.4, 0.5) is 0 Å². The van der Waals surface area contributed by atoms with Gasteiger partial charge in [-0.15, -0.1) is 0 Å². The van der Waals surface area contributed by atoms with Crippen molar-refractivity contribution in [1.82, 2.24) is 15.1 Å². The fraction of sp³-hybridized carbons (Fsp3) is 0.667. The molecule has 0 bridgehead atoms. The van der Waals surface area contributed by atoms with Crippen LogP contribution < -0.4 is 5.32 Å². The van der Waals surface area contributed by atoms with E-state index in [1.54, 1.807) is 0 Å². The van der Waals surface area contributed by atoms with E-state index in [4.69, 9.17) is 0 Å². The summed E-state index contributed by atoms with van der Waals surface area (Å²) in [5, 5.41) is 7.79. The van der Waals surface area contributed by atoms with E-state index < -0.39 is 0 Å². The molecule has 0 radical (unpaired) electrons. The molecule has 13 heavy (non-hydrogen) atoms. The summed E-state index contributed by atoms with van der Waals surface area (Å²) >= 11 is 3.39. The van der Waals surface area contributed by atoms with Crippen LogP contribution in [0.15, 0.2) is 10.7 Å². The van der Waals surface area contributed by atoms with Crippen LogP contribution in [-0.2, 0) is 7.05 Å². The molecule has 1 aliphatic heterocycles. The zero-order valence-corrected chi connectivity index (χ0v) is 9.34. The Hall–Kier alpha value is -0.350. The predicted molar refractivity (Wildman–Crippen MR) is 55.5 cm³/mol. The molecular formula is C9H14BrN3. The fourth-order valence-corrected chi connectivity index (χ4v) is 2.35. The first kappa shape index (κ1) is 9.21. The van der Waals surface area contributed by atoms with E-state index in [9.17, 15) is 0 Å². The third-order valence-corrected chi connectivity index (χ3v) is 2.94. The monoisotopic (exact) mass is 243 g/mol. The molecule has 1 fully saturated rings. The minimum Gasteiger partial charge on any atom is -0.309 e. The second-order valence-corrected chi connectivity index (χ2v) is 4.33. The number of hydrogen-bond acceptors (Lipinski definition) is 2. The number of halogens is 1. The molecule has 1 aliphatic rings. The van der Waals surface area contributed by atoms with Gasteiger partial charge in [0.25, 0.3) is 0 Å². The lowest BCUT2D eigenvalue weighted by molar-refractivity contribution is 0.394. The van der Waals surface area contributed by atoms with Gasteiger partial charge >= 0.3 is 0 Å². The molecule has 4 heteroatoms. The zero-order valence-electron chi connectivity index (χ0n) is 7.76. The van der Waals surface area contributed by atoms with Gasteiger partial charge in [0.1, 0.15) is 4.60 Å². The Morgan fingerprint density at radius 3 is 3.00 bits per heavy atom. The standard InChI is InChI=1S/C9H14BrN3/c1-13-8(6-9(10)12-13)7-4-2-3-5-11-7/h6-7,11H,2-5H2,1H3. The quantitative estimate of drug-likeness (QED) is 0.818. The van der Waals surface area contributed by atoms with Gasteiger partial charge in [0, 0.05) is 13.1 Å². The summed E-state index contributed by atoms with van der Waals surface area (Å²) in [7, 11) is 2.00. The normalized spacial score (nSPS) is 23.4. The van der Waals surface area contributed by atoms with E-state index in [1.165, 1.54) is 25.0 Å². The molecule has 1 N–H and O–H groups in total. The first-order chi connectivity index (χ1) is 6.27. The van der Waals surface area contributed by atoms with E-state index >= 15 is 0 Å². The number of hydrogen-bond donors (Lipinski definition) is 1. The van der Waals surface area contributed by atoms with Crippen molar-refractivity contribution in [2.75, 3.05) is 6.54 Å². The average Bonchev–Trinajstić information content (AvgIpc) is 2.47. The van der Waals surface area contributed by atoms with Gasteiger partial charge in [-0.25, -0.2) is 0 Å². The largest absolute Gasteiger partial charge is 0.309 e. The van der Waals surface area contributed by atoms with Crippen LogP contribution in [0, 0.1) is 0 Å². The number of nitrogens with zero attached hydrogens (tertiary/aromatic N) is 2. The van der Waals surface area contributed by atoms with Crippen LogP contribution >= 0.6 is 15.9 Å². The SMILES string of the molecule is Cn1nc(Br)cc1C1CCCCN1. The maximum Gasteiger partial charge on any atom is 0.128 e.